The number of benzene rings is 4. The molecule has 10 rings (SSSR count). The van der Waals surface area contributed by atoms with Gasteiger partial charge in [-0.15, -0.1) is 0 Å². The lowest BCUT2D eigenvalue weighted by atomic mass is 9.98. The van der Waals surface area contributed by atoms with E-state index in [-0.39, 0.29) is 12.1 Å². The van der Waals surface area contributed by atoms with Crippen molar-refractivity contribution in [3.8, 4) is 22.8 Å². The van der Waals surface area contributed by atoms with Crippen LogP contribution in [-0.2, 0) is 38.5 Å². The van der Waals surface area contributed by atoms with Crippen LogP contribution in [0.1, 0.15) is 33.4 Å². The minimum atomic E-state index is 0.274. The summed E-state index contributed by atoms with van der Waals surface area (Å²) < 4.78 is 0. The van der Waals surface area contributed by atoms with E-state index in [2.05, 4.69) is 81.3 Å². The third kappa shape index (κ3) is 6.40. The molecule has 0 amide bonds. The number of aromatic nitrogens is 6. The van der Waals surface area contributed by atoms with Gasteiger partial charge >= 0.3 is 0 Å². The lowest BCUT2D eigenvalue weighted by Crippen LogP contribution is -2.20. The van der Waals surface area contributed by atoms with E-state index in [1.807, 2.05) is 60.9 Å². The molecule has 2 N–H and O–H groups in total. The highest BCUT2D eigenvalue weighted by Gasteiger charge is 2.25. The number of para-hydroxylation sites is 2. The Morgan fingerprint density at radius 2 is 0.926 bits per heavy atom. The van der Waals surface area contributed by atoms with Crippen LogP contribution in [-0.4, -0.2) is 42.0 Å². The summed E-state index contributed by atoms with van der Waals surface area (Å²) >= 11 is 0. The Morgan fingerprint density at radius 3 is 1.39 bits per heavy atom. The minimum Gasteiger partial charge on any atom is -0.366 e. The SMILES string of the molecule is c1cncc(-c2nc(NC3Cc4ccc(CCc5ccc6c(c5)CC(Nc5nc(-c7cccnc7)nc7ccccc57)C6)cc4C3)c3ccccc3n2)c1. The molecular formula is C46H38N8. The Balaban J connectivity index is 0.804. The van der Waals surface area contributed by atoms with Crippen molar-refractivity contribution in [3.05, 3.63) is 167 Å². The molecule has 54 heavy (non-hydrogen) atoms. The third-order valence-electron chi connectivity index (χ3n) is 10.8. The molecule has 4 aromatic heterocycles. The van der Waals surface area contributed by atoms with Crippen LogP contribution in [0.25, 0.3) is 44.6 Å². The summed E-state index contributed by atoms with van der Waals surface area (Å²) in [6.07, 6.45) is 13.1. The van der Waals surface area contributed by atoms with E-state index in [1.165, 1.54) is 33.4 Å². The van der Waals surface area contributed by atoms with Crippen LogP contribution in [0.5, 0.6) is 0 Å². The van der Waals surface area contributed by atoms with Crippen LogP contribution in [0.2, 0.25) is 0 Å². The standard InChI is InChI=1S/C46H38N8/c1-3-11-41-39(9-1)45(53-43(51-41)33-7-5-19-47-27-33)49-37-23-31-17-15-29(21-35(31)25-37)13-14-30-16-18-32-24-38(26-36(32)22-30)50-46-40-10-2-4-12-42(40)52-44(54-46)34-8-6-20-48-28-34/h1-12,15-22,27-28,37-38H,13-14,23-26H2,(H,49,51,53)(H,50,52,54). The molecule has 0 radical (unpaired) electrons. The quantitative estimate of drug-likeness (QED) is 0.154. The van der Waals surface area contributed by atoms with Crippen molar-refractivity contribution in [2.45, 2.75) is 50.6 Å². The van der Waals surface area contributed by atoms with Crippen LogP contribution >= 0.6 is 0 Å². The van der Waals surface area contributed by atoms with Gasteiger partial charge < -0.3 is 10.6 Å². The molecule has 262 valence electrons. The Kier molecular flexibility index (Phi) is 8.20. The molecule has 2 aliphatic carbocycles. The summed E-state index contributed by atoms with van der Waals surface area (Å²) in [7, 11) is 0. The summed E-state index contributed by atoms with van der Waals surface area (Å²) in [6.45, 7) is 0. The van der Waals surface area contributed by atoms with Gasteiger partial charge in [0.15, 0.2) is 11.6 Å². The smallest absolute Gasteiger partial charge is 0.163 e. The van der Waals surface area contributed by atoms with Gasteiger partial charge in [-0.1, -0.05) is 60.7 Å². The van der Waals surface area contributed by atoms with Gasteiger partial charge in [-0.05, 0) is 120 Å². The molecule has 0 fully saturated rings. The molecular weight excluding hydrogens is 665 g/mol. The summed E-state index contributed by atoms with van der Waals surface area (Å²) in [5.41, 5.74) is 12.2. The molecule has 4 heterocycles. The highest BCUT2D eigenvalue weighted by atomic mass is 15.1. The molecule has 2 aliphatic rings. The molecule has 0 aliphatic heterocycles. The first kappa shape index (κ1) is 32.1. The van der Waals surface area contributed by atoms with Crippen LogP contribution in [0.4, 0.5) is 11.6 Å². The fraction of sp³-hybridized carbons (Fsp3) is 0.174. The molecule has 0 bridgehead atoms. The second-order valence-corrected chi connectivity index (χ2v) is 14.5. The van der Waals surface area contributed by atoms with Gasteiger partial charge in [0.2, 0.25) is 0 Å². The number of nitrogens with zero attached hydrogens (tertiary/aromatic N) is 6. The van der Waals surface area contributed by atoms with E-state index in [0.717, 1.165) is 83.1 Å². The van der Waals surface area contributed by atoms with E-state index in [9.17, 15) is 0 Å². The predicted octanol–water partition coefficient (Wildman–Crippen LogP) is 8.64. The largest absolute Gasteiger partial charge is 0.366 e. The fourth-order valence-corrected chi connectivity index (χ4v) is 8.16. The van der Waals surface area contributed by atoms with Crippen LogP contribution < -0.4 is 10.6 Å². The van der Waals surface area contributed by atoms with Crippen molar-refractivity contribution in [1.29, 1.82) is 0 Å². The van der Waals surface area contributed by atoms with Gasteiger partial charge in [-0.3, -0.25) is 9.97 Å². The van der Waals surface area contributed by atoms with E-state index >= 15 is 0 Å². The molecule has 0 saturated carbocycles. The van der Waals surface area contributed by atoms with Crippen molar-refractivity contribution in [2.24, 2.45) is 0 Å². The third-order valence-corrected chi connectivity index (χ3v) is 10.8. The first-order chi connectivity index (χ1) is 26.7. The second kappa shape index (κ2) is 13.8. The molecule has 8 heteroatoms. The first-order valence-corrected chi connectivity index (χ1v) is 18.8. The maximum absolute atomic E-state index is 4.98. The number of fused-ring (bicyclic) bond motifs is 4. The number of hydrogen-bond acceptors (Lipinski definition) is 8. The molecule has 2 atom stereocenters. The van der Waals surface area contributed by atoms with Crippen molar-refractivity contribution >= 4 is 33.4 Å². The van der Waals surface area contributed by atoms with Gasteiger partial charge in [0.25, 0.3) is 0 Å². The molecule has 8 nitrogen and oxygen atoms in total. The normalized spacial score (nSPS) is 16.0. The summed E-state index contributed by atoms with van der Waals surface area (Å²) in [5.74, 6) is 3.14. The zero-order valence-corrected chi connectivity index (χ0v) is 29.8. The zero-order chi connectivity index (χ0) is 35.8. The maximum atomic E-state index is 4.98. The van der Waals surface area contributed by atoms with Gasteiger partial charge in [-0.2, -0.15) is 0 Å². The lowest BCUT2D eigenvalue weighted by molar-refractivity contribution is 0.769. The lowest BCUT2D eigenvalue weighted by Gasteiger charge is -2.16. The monoisotopic (exact) mass is 702 g/mol. The Labute approximate surface area is 313 Å². The highest BCUT2D eigenvalue weighted by molar-refractivity contribution is 5.91. The van der Waals surface area contributed by atoms with Crippen molar-refractivity contribution in [1.82, 2.24) is 29.9 Å². The number of anilines is 2. The molecule has 4 aromatic carbocycles. The minimum absolute atomic E-state index is 0.274. The van der Waals surface area contributed by atoms with Crippen molar-refractivity contribution in [3.63, 3.8) is 0 Å². The van der Waals surface area contributed by atoms with E-state index in [0.29, 0.717) is 11.6 Å². The number of hydrogen-bond donors (Lipinski definition) is 2. The number of pyridine rings is 2. The zero-order valence-electron chi connectivity index (χ0n) is 29.8. The molecule has 2 unspecified atom stereocenters. The van der Waals surface area contributed by atoms with E-state index < -0.39 is 0 Å². The number of rotatable bonds is 9. The number of nitrogens with one attached hydrogen (secondary N) is 2. The van der Waals surface area contributed by atoms with E-state index in [4.69, 9.17) is 19.9 Å². The predicted molar refractivity (Wildman–Crippen MR) is 215 cm³/mol. The van der Waals surface area contributed by atoms with E-state index in [1.54, 1.807) is 12.4 Å². The van der Waals surface area contributed by atoms with Crippen LogP contribution in [0, 0.1) is 0 Å². The topological polar surface area (TPSA) is 101 Å². The summed E-state index contributed by atoms with van der Waals surface area (Å²) in [4.78, 5) is 28.2. The Hall–Kier alpha value is -6.54. The number of aryl methyl sites for hydroxylation is 2. The Bertz CT molecular complexity index is 2460. The average Bonchev–Trinajstić information content (AvgIpc) is 3.83. The maximum Gasteiger partial charge on any atom is 0.163 e. The first-order valence-electron chi connectivity index (χ1n) is 18.8. The molecule has 8 aromatic rings. The van der Waals surface area contributed by atoms with Crippen molar-refractivity contribution < 1.29 is 0 Å². The summed E-state index contributed by atoms with van der Waals surface area (Å²) in [5, 5.41) is 9.66. The fourth-order valence-electron chi connectivity index (χ4n) is 8.16. The van der Waals surface area contributed by atoms with Gasteiger partial charge in [0.1, 0.15) is 11.6 Å². The second-order valence-electron chi connectivity index (χ2n) is 14.5. The van der Waals surface area contributed by atoms with Crippen LogP contribution in [0.15, 0.2) is 134 Å². The van der Waals surface area contributed by atoms with Crippen LogP contribution in [0.3, 0.4) is 0 Å². The summed E-state index contributed by atoms with van der Waals surface area (Å²) in [6, 6.07) is 39.0. The van der Waals surface area contributed by atoms with Gasteiger partial charge in [-0.25, -0.2) is 19.9 Å². The highest BCUT2D eigenvalue weighted by Crippen LogP contribution is 2.32. The molecule has 0 saturated heterocycles. The van der Waals surface area contributed by atoms with Gasteiger partial charge in [0.05, 0.1) is 11.0 Å². The van der Waals surface area contributed by atoms with Gasteiger partial charge in [0, 0.05) is 58.8 Å². The Morgan fingerprint density at radius 1 is 0.463 bits per heavy atom. The van der Waals surface area contributed by atoms with Crippen molar-refractivity contribution in [2.75, 3.05) is 10.6 Å². The average molecular weight is 703 g/mol. The molecule has 0 spiro atoms.